The summed E-state index contributed by atoms with van der Waals surface area (Å²) >= 11 is 1.33. The first-order valence-corrected chi connectivity index (χ1v) is 10.9. The fourth-order valence-electron chi connectivity index (χ4n) is 3.74. The van der Waals surface area contributed by atoms with Crippen molar-refractivity contribution in [1.29, 1.82) is 0 Å². The van der Waals surface area contributed by atoms with Crippen LogP contribution in [-0.4, -0.2) is 47.8 Å². The summed E-state index contributed by atoms with van der Waals surface area (Å²) in [4.78, 5) is 31.7. The van der Waals surface area contributed by atoms with Gasteiger partial charge in [0.2, 0.25) is 10.1 Å². The van der Waals surface area contributed by atoms with E-state index in [1.165, 1.54) is 28.3 Å². The molecule has 1 atom stereocenters. The highest BCUT2D eigenvalue weighted by molar-refractivity contribution is 7.20. The number of piperidine rings is 1. The average Bonchev–Trinajstić information content (AvgIpc) is 3.20. The molecule has 0 spiro atoms. The highest BCUT2D eigenvalue weighted by atomic mass is 32.1. The van der Waals surface area contributed by atoms with Crippen molar-refractivity contribution in [3.05, 3.63) is 45.9 Å². The topological polar surface area (TPSA) is 98.1 Å². The number of hydrogen-bond acceptors (Lipinski definition) is 8. The minimum Gasteiger partial charge on any atom is -0.497 e. The van der Waals surface area contributed by atoms with Crippen molar-refractivity contribution < 1.29 is 14.3 Å². The number of fused-ring (bicyclic) bond motifs is 1. The van der Waals surface area contributed by atoms with Gasteiger partial charge in [-0.25, -0.2) is 0 Å². The third kappa shape index (κ3) is 4.48. The van der Waals surface area contributed by atoms with Crippen molar-refractivity contribution in [3.63, 3.8) is 0 Å². The second-order valence-corrected chi connectivity index (χ2v) is 8.55. The number of nitrogens with zero attached hydrogens (tertiary/aromatic N) is 4. The summed E-state index contributed by atoms with van der Waals surface area (Å²) in [5.74, 6) is 1.46. The minimum absolute atomic E-state index is 0.157. The molecule has 2 aromatic heterocycles. The Kier molecular flexibility index (Phi) is 6.08. The molecule has 1 aliphatic heterocycles. The molecule has 3 aromatic rings. The summed E-state index contributed by atoms with van der Waals surface area (Å²) in [5.41, 5.74) is 0.449. The van der Waals surface area contributed by atoms with Gasteiger partial charge in [0.05, 0.1) is 14.2 Å². The Labute approximate surface area is 183 Å². The summed E-state index contributed by atoms with van der Waals surface area (Å²) in [6.07, 6.45) is 2.29. The molecular weight excluding hydrogens is 418 g/mol. The molecule has 1 amide bonds. The van der Waals surface area contributed by atoms with Crippen LogP contribution >= 0.6 is 11.3 Å². The molecule has 1 fully saturated rings. The first-order valence-electron chi connectivity index (χ1n) is 10.1. The van der Waals surface area contributed by atoms with Gasteiger partial charge in [-0.2, -0.15) is 9.50 Å². The van der Waals surface area contributed by atoms with Gasteiger partial charge in [0.15, 0.2) is 0 Å². The van der Waals surface area contributed by atoms with E-state index in [1.807, 2.05) is 0 Å². The summed E-state index contributed by atoms with van der Waals surface area (Å²) in [6, 6.07) is 6.58. The standard InChI is InChI=1S/C21H25N5O4S/c1-13-5-4-8-25(12-13)21-24-26-16(10-18(27)23-20(26)31-21)19(28)22-11-14-9-15(29-2)6-7-17(14)30-3/h6-7,9-10,13H,4-5,8,11-12H2,1-3H3,(H,22,28). The van der Waals surface area contributed by atoms with Crippen LogP contribution in [0.1, 0.15) is 35.8 Å². The number of methoxy groups -OCH3 is 2. The maximum Gasteiger partial charge on any atom is 0.274 e. The lowest BCUT2D eigenvalue weighted by molar-refractivity contribution is 0.0943. The zero-order valence-corrected chi connectivity index (χ0v) is 18.6. The molecule has 1 aromatic carbocycles. The molecule has 0 aliphatic carbocycles. The molecule has 4 rings (SSSR count). The number of carbonyl (C=O) groups excluding carboxylic acids is 1. The number of rotatable bonds is 6. The van der Waals surface area contributed by atoms with E-state index in [0.717, 1.165) is 30.2 Å². The smallest absolute Gasteiger partial charge is 0.274 e. The summed E-state index contributed by atoms with van der Waals surface area (Å²) < 4.78 is 12.1. The summed E-state index contributed by atoms with van der Waals surface area (Å²) in [5, 5.41) is 8.22. The van der Waals surface area contributed by atoms with Crippen LogP contribution in [0, 0.1) is 5.92 Å². The predicted molar refractivity (Wildman–Crippen MR) is 118 cm³/mol. The predicted octanol–water partition coefficient (Wildman–Crippen LogP) is 2.33. The van der Waals surface area contributed by atoms with Gasteiger partial charge < -0.3 is 19.7 Å². The molecule has 10 heteroatoms. The van der Waals surface area contributed by atoms with Gasteiger partial charge in [-0.1, -0.05) is 18.3 Å². The fraction of sp³-hybridized carbons (Fsp3) is 0.429. The van der Waals surface area contributed by atoms with Crippen molar-refractivity contribution in [2.24, 2.45) is 5.92 Å². The molecule has 0 radical (unpaired) electrons. The Hall–Kier alpha value is -3.14. The van der Waals surface area contributed by atoms with Gasteiger partial charge in [-0.3, -0.25) is 9.59 Å². The maximum absolute atomic E-state index is 13.0. The number of ether oxygens (including phenoxy) is 2. The third-order valence-corrected chi connectivity index (χ3v) is 6.30. The van der Waals surface area contributed by atoms with E-state index in [4.69, 9.17) is 9.47 Å². The van der Waals surface area contributed by atoms with Crippen molar-refractivity contribution >= 4 is 27.3 Å². The van der Waals surface area contributed by atoms with Gasteiger partial charge in [0, 0.05) is 31.3 Å². The van der Waals surface area contributed by atoms with E-state index in [0.29, 0.717) is 22.4 Å². The molecule has 1 saturated heterocycles. The van der Waals surface area contributed by atoms with E-state index in [9.17, 15) is 9.59 Å². The Morgan fingerprint density at radius 1 is 1.29 bits per heavy atom. The molecule has 164 valence electrons. The van der Waals surface area contributed by atoms with E-state index < -0.39 is 11.5 Å². The van der Waals surface area contributed by atoms with Crippen LogP contribution in [0.3, 0.4) is 0 Å². The SMILES string of the molecule is COc1ccc(OC)c(CNC(=O)c2cc(=O)nc3sc(N4CCCC(C)C4)nn23)c1. The van der Waals surface area contributed by atoms with Crippen LogP contribution in [0.2, 0.25) is 0 Å². The largest absolute Gasteiger partial charge is 0.497 e. The monoisotopic (exact) mass is 443 g/mol. The minimum atomic E-state index is -0.466. The van der Waals surface area contributed by atoms with Gasteiger partial charge >= 0.3 is 0 Å². The van der Waals surface area contributed by atoms with E-state index in [2.05, 4.69) is 27.2 Å². The lowest BCUT2D eigenvalue weighted by Crippen LogP contribution is -2.34. The van der Waals surface area contributed by atoms with E-state index in [1.54, 1.807) is 32.4 Å². The molecule has 31 heavy (non-hydrogen) atoms. The fourth-order valence-corrected chi connectivity index (χ4v) is 4.69. The first kappa shape index (κ1) is 21.1. The number of nitrogens with one attached hydrogen (secondary N) is 1. The zero-order chi connectivity index (χ0) is 22.0. The van der Waals surface area contributed by atoms with Gasteiger partial charge in [-0.15, -0.1) is 5.10 Å². The first-order chi connectivity index (χ1) is 15.0. The average molecular weight is 444 g/mol. The second-order valence-electron chi connectivity index (χ2n) is 7.61. The Bertz CT molecular complexity index is 1160. The number of aromatic nitrogens is 3. The molecule has 0 saturated carbocycles. The quantitative estimate of drug-likeness (QED) is 0.624. The molecule has 1 N–H and O–H groups in total. The van der Waals surface area contributed by atoms with Gasteiger partial charge in [-0.05, 0) is 37.0 Å². The lowest BCUT2D eigenvalue weighted by atomic mass is 10.0. The number of benzene rings is 1. The normalized spacial score (nSPS) is 16.4. The van der Waals surface area contributed by atoms with E-state index >= 15 is 0 Å². The number of carbonyl (C=O) groups is 1. The van der Waals surface area contributed by atoms with Crippen molar-refractivity contribution in [2.45, 2.75) is 26.3 Å². The highest BCUT2D eigenvalue weighted by Crippen LogP contribution is 2.27. The molecule has 0 bridgehead atoms. The zero-order valence-electron chi connectivity index (χ0n) is 17.8. The number of amides is 1. The Morgan fingerprint density at radius 3 is 2.87 bits per heavy atom. The number of anilines is 1. The van der Waals surface area contributed by atoms with E-state index in [-0.39, 0.29) is 12.2 Å². The van der Waals surface area contributed by atoms with Gasteiger partial charge in [0.1, 0.15) is 17.2 Å². The molecular formula is C21H25N5O4S. The molecule has 9 nitrogen and oxygen atoms in total. The van der Waals surface area contributed by atoms with Crippen LogP contribution in [0.4, 0.5) is 5.13 Å². The second kappa shape index (κ2) is 8.93. The molecule has 1 aliphatic rings. The highest BCUT2D eigenvalue weighted by Gasteiger charge is 2.22. The van der Waals surface area contributed by atoms with Crippen molar-refractivity contribution in [1.82, 2.24) is 19.9 Å². The van der Waals surface area contributed by atoms with Crippen LogP contribution in [0.5, 0.6) is 11.5 Å². The number of hydrogen-bond donors (Lipinski definition) is 1. The van der Waals surface area contributed by atoms with Crippen LogP contribution in [0.25, 0.3) is 4.96 Å². The maximum atomic E-state index is 13.0. The summed E-state index contributed by atoms with van der Waals surface area (Å²) in [7, 11) is 3.14. The Morgan fingerprint density at radius 2 is 2.13 bits per heavy atom. The van der Waals surface area contributed by atoms with Crippen LogP contribution in [-0.2, 0) is 6.54 Å². The van der Waals surface area contributed by atoms with Gasteiger partial charge in [0.25, 0.3) is 11.5 Å². The molecule has 1 unspecified atom stereocenters. The lowest BCUT2D eigenvalue weighted by Gasteiger charge is -2.30. The summed E-state index contributed by atoms with van der Waals surface area (Å²) in [6.45, 7) is 4.23. The Balaban J connectivity index is 1.60. The molecule has 3 heterocycles. The van der Waals surface area contributed by atoms with Crippen LogP contribution < -0.4 is 25.2 Å². The third-order valence-electron chi connectivity index (χ3n) is 5.33. The van der Waals surface area contributed by atoms with Crippen LogP contribution in [0.15, 0.2) is 29.1 Å². The van der Waals surface area contributed by atoms with Crippen molar-refractivity contribution in [3.8, 4) is 11.5 Å². The van der Waals surface area contributed by atoms with Crippen molar-refractivity contribution in [2.75, 3.05) is 32.2 Å².